The molecule has 3 rings (SSSR count). The minimum Gasteiger partial charge on any atom is -0.330 e. The summed E-state index contributed by atoms with van der Waals surface area (Å²) in [6.07, 6.45) is 6.93. The van der Waals surface area contributed by atoms with E-state index in [1.54, 1.807) is 0 Å². The van der Waals surface area contributed by atoms with Gasteiger partial charge in [0.1, 0.15) is 0 Å². The lowest BCUT2D eigenvalue weighted by Gasteiger charge is -2.38. The number of rotatable bonds is 3. The van der Waals surface area contributed by atoms with Crippen molar-refractivity contribution in [1.82, 2.24) is 4.90 Å². The minimum atomic E-state index is 0.594. The summed E-state index contributed by atoms with van der Waals surface area (Å²) >= 11 is 0. The highest BCUT2D eigenvalue weighted by atomic mass is 15.2. The third-order valence-electron chi connectivity index (χ3n) is 5.14. The SMILES string of the molecule is NCC1CCCC2(CCN(Cc3ccccc3)C2)C1. The maximum atomic E-state index is 5.90. The van der Waals surface area contributed by atoms with E-state index in [4.69, 9.17) is 5.73 Å². The molecule has 0 radical (unpaired) electrons. The standard InChI is InChI=1S/C17H26N2/c18-12-16-7-4-8-17(11-16)9-10-19(14-17)13-15-5-2-1-3-6-15/h1-3,5-6,16H,4,7-14,18H2. The van der Waals surface area contributed by atoms with Crippen molar-refractivity contribution in [2.45, 2.75) is 38.6 Å². The minimum absolute atomic E-state index is 0.594. The van der Waals surface area contributed by atoms with E-state index < -0.39 is 0 Å². The van der Waals surface area contributed by atoms with E-state index in [0.29, 0.717) is 5.41 Å². The fourth-order valence-electron chi connectivity index (χ4n) is 4.16. The average Bonchev–Trinajstić information content (AvgIpc) is 2.82. The Labute approximate surface area is 117 Å². The molecule has 2 aliphatic rings. The van der Waals surface area contributed by atoms with Crippen molar-refractivity contribution in [3.63, 3.8) is 0 Å². The second-order valence-corrected chi connectivity index (χ2v) is 6.64. The molecule has 1 aromatic carbocycles. The first-order chi connectivity index (χ1) is 9.30. The summed E-state index contributed by atoms with van der Waals surface area (Å²) in [7, 11) is 0. The van der Waals surface area contributed by atoms with Gasteiger partial charge in [-0.2, -0.15) is 0 Å². The number of nitrogens with zero attached hydrogens (tertiary/aromatic N) is 1. The molecule has 1 spiro atoms. The highest BCUT2D eigenvalue weighted by Crippen LogP contribution is 2.45. The largest absolute Gasteiger partial charge is 0.330 e. The molecule has 2 unspecified atom stereocenters. The molecule has 2 heteroatoms. The van der Waals surface area contributed by atoms with E-state index in [2.05, 4.69) is 35.2 Å². The first-order valence-corrected chi connectivity index (χ1v) is 7.76. The van der Waals surface area contributed by atoms with Crippen LogP contribution in [0.5, 0.6) is 0 Å². The molecule has 1 aromatic rings. The molecule has 1 aliphatic carbocycles. The van der Waals surface area contributed by atoms with Gasteiger partial charge in [0.05, 0.1) is 0 Å². The molecule has 19 heavy (non-hydrogen) atoms. The van der Waals surface area contributed by atoms with Gasteiger partial charge in [-0.1, -0.05) is 36.8 Å². The molecule has 1 saturated carbocycles. The van der Waals surface area contributed by atoms with Crippen molar-refractivity contribution in [1.29, 1.82) is 0 Å². The van der Waals surface area contributed by atoms with Crippen LogP contribution >= 0.6 is 0 Å². The third kappa shape index (κ3) is 3.01. The summed E-state index contributed by atoms with van der Waals surface area (Å²) in [4.78, 5) is 2.65. The molecule has 2 nitrogen and oxygen atoms in total. The Balaban J connectivity index is 1.60. The molecule has 2 fully saturated rings. The van der Waals surface area contributed by atoms with E-state index in [1.165, 1.54) is 50.8 Å². The first kappa shape index (κ1) is 13.1. The van der Waals surface area contributed by atoms with E-state index in [9.17, 15) is 0 Å². The van der Waals surface area contributed by atoms with Crippen LogP contribution in [0.25, 0.3) is 0 Å². The normalized spacial score (nSPS) is 31.9. The number of likely N-dealkylation sites (tertiary alicyclic amines) is 1. The van der Waals surface area contributed by atoms with Crippen LogP contribution in [0, 0.1) is 11.3 Å². The van der Waals surface area contributed by atoms with E-state index in [0.717, 1.165) is 19.0 Å². The molecular formula is C17H26N2. The molecule has 2 atom stereocenters. The summed E-state index contributed by atoms with van der Waals surface area (Å²) in [5.74, 6) is 0.783. The molecular weight excluding hydrogens is 232 g/mol. The van der Waals surface area contributed by atoms with Crippen molar-refractivity contribution in [3.8, 4) is 0 Å². The fourth-order valence-corrected chi connectivity index (χ4v) is 4.16. The van der Waals surface area contributed by atoms with Gasteiger partial charge >= 0.3 is 0 Å². The molecule has 2 N–H and O–H groups in total. The quantitative estimate of drug-likeness (QED) is 0.903. The Bertz CT molecular complexity index is 403. The molecule has 0 amide bonds. The van der Waals surface area contributed by atoms with Gasteiger partial charge in [0.15, 0.2) is 0 Å². The lowest BCUT2D eigenvalue weighted by molar-refractivity contribution is 0.142. The molecule has 1 heterocycles. The summed E-state index contributed by atoms with van der Waals surface area (Å²) in [6.45, 7) is 4.57. The summed E-state index contributed by atoms with van der Waals surface area (Å²) < 4.78 is 0. The third-order valence-corrected chi connectivity index (χ3v) is 5.14. The lowest BCUT2D eigenvalue weighted by atomic mass is 9.69. The highest BCUT2D eigenvalue weighted by Gasteiger charge is 2.41. The molecule has 0 aromatic heterocycles. The van der Waals surface area contributed by atoms with Gasteiger partial charge in [0.25, 0.3) is 0 Å². The van der Waals surface area contributed by atoms with Crippen LogP contribution in [-0.2, 0) is 6.54 Å². The Morgan fingerprint density at radius 3 is 2.84 bits per heavy atom. The monoisotopic (exact) mass is 258 g/mol. The van der Waals surface area contributed by atoms with Crippen molar-refractivity contribution in [2.75, 3.05) is 19.6 Å². The maximum absolute atomic E-state index is 5.90. The molecule has 104 valence electrons. The Morgan fingerprint density at radius 1 is 1.21 bits per heavy atom. The van der Waals surface area contributed by atoms with E-state index in [1.807, 2.05) is 0 Å². The van der Waals surface area contributed by atoms with Crippen LogP contribution in [0.1, 0.15) is 37.7 Å². The van der Waals surface area contributed by atoms with Crippen molar-refractivity contribution < 1.29 is 0 Å². The predicted molar refractivity (Wildman–Crippen MR) is 79.8 cm³/mol. The smallest absolute Gasteiger partial charge is 0.0233 e. The maximum Gasteiger partial charge on any atom is 0.0233 e. The fraction of sp³-hybridized carbons (Fsp3) is 0.647. The van der Waals surface area contributed by atoms with Crippen LogP contribution in [-0.4, -0.2) is 24.5 Å². The topological polar surface area (TPSA) is 29.3 Å². The highest BCUT2D eigenvalue weighted by molar-refractivity contribution is 5.15. The van der Waals surface area contributed by atoms with Gasteiger partial charge in [-0.3, -0.25) is 4.90 Å². The predicted octanol–water partition coefficient (Wildman–Crippen LogP) is 3.03. The van der Waals surface area contributed by atoms with Crippen molar-refractivity contribution in [3.05, 3.63) is 35.9 Å². The second-order valence-electron chi connectivity index (χ2n) is 6.64. The van der Waals surface area contributed by atoms with Crippen LogP contribution in [0.4, 0.5) is 0 Å². The first-order valence-electron chi connectivity index (χ1n) is 7.76. The summed E-state index contributed by atoms with van der Waals surface area (Å²) in [5.41, 5.74) is 7.94. The van der Waals surface area contributed by atoms with Gasteiger partial charge in [-0.15, -0.1) is 0 Å². The number of hydrogen-bond acceptors (Lipinski definition) is 2. The van der Waals surface area contributed by atoms with Crippen LogP contribution < -0.4 is 5.73 Å². The number of nitrogens with two attached hydrogens (primary N) is 1. The van der Waals surface area contributed by atoms with Crippen LogP contribution in [0.3, 0.4) is 0 Å². The zero-order valence-corrected chi connectivity index (χ0v) is 11.9. The van der Waals surface area contributed by atoms with E-state index in [-0.39, 0.29) is 0 Å². The molecule has 0 bridgehead atoms. The summed E-state index contributed by atoms with van der Waals surface area (Å²) in [6, 6.07) is 10.9. The van der Waals surface area contributed by atoms with Gasteiger partial charge in [-0.25, -0.2) is 0 Å². The van der Waals surface area contributed by atoms with Gasteiger partial charge < -0.3 is 5.73 Å². The van der Waals surface area contributed by atoms with Crippen LogP contribution in [0.2, 0.25) is 0 Å². The van der Waals surface area contributed by atoms with Gasteiger partial charge in [0.2, 0.25) is 0 Å². The molecule has 1 aliphatic heterocycles. The number of hydrogen-bond donors (Lipinski definition) is 1. The Kier molecular flexibility index (Phi) is 3.90. The molecule has 1 saturated heterocycles. The average molecular weight is 258 g/mol. The Hall–Kier alpha value is -0.860. The lowest BCUT2D eigenvalue weighted by Crippen LogP contribution is -2.34. The van der Waals surface area contributed by atoms with E-state index >= 15 is 0 Å². The zero-order valence-electron chi connectivity index (χ0n) is 11.9. The second kappa shape index (κ2) is 5.64. The summed E-state index contributed by atoms with van der Waals surface area (Å²) in [5, 5.41) is 0. The van der Waals surface area contributed by atoms with Crippen LogP contribution in [0.15, 0.2) is 30.3 Å². The zero-order chi connectivity index (χ0) is 13.1. The Morgan fingerprint density at radius 2 is 2.05 bits per heavy atom. The van der Waals surface area contributed by atoms with Gasteiger partial charge in [-0.05, 0) is 55.7 Å². The van der Waals surface area contributed by atoms with Crippen molar-refractivity contribution in [2.24, 2.45) is 17.1 Å². The van der Waals surface area contributed by atoms with Gasteiger partial charge in [0, 0.05) is 13.1 Å². The number of benzene rings is 1. The van der Waals surface area contributed by atoms with Crippen molar-refractivity contribution >= 4 is 0 Å².